The van der Waals surface area contributed by atoms with Crippen LogP contribution in [0.5, 0.6) is 0 Å². The minimum absolute atomic E-state index is 0.00438. The maximum absolute atomic E-state index is 12.4. The molecule has 0 saturated heterocycles. The molecular weight excluding hydrogens is 288 g/mol. The number of nitrogens with zero attached hydrogens (tertiary/aromatic N) is 2. The maximum atomic E-state index is 12.4. The molecule has 110 valence electrons. The molecule has 0 amide bonds. The molecule has 1 aromatic heterocycles. The number of non-ortho nitro benzene ring substituents is 1. The molecule has 0 aliphatic heterocycles. The molecule has 0 aliphatic carbocycles. The predicted molar refractivity (Wildman–Crippen MR) is 78.9 cm³/mol. The van der Waals surface area contributed by atoms with Crippen molar-refractivity contribution in [3.8, 4) is 0 Å². The van der Waals surface area contributed by atoms with Gasteiger partial charge < -0.3 is 4.42 Å². The lowest BCUT2D eigenvalue weighted by atomic mass is 10.2. The summed E-state index contributed by atoms with van der Waals surface area (Å²) in [7, 11) is 0. The summed E-state index contributed by atoms with van der Waals surface area (Å²) in [6.07, 6.45) is 0. The van der Waals surface area contributed by atoms with Crippen molar-refractivity contribution in [2.75, 3.05) is 0 Å². The molecule has 2 aromatic carbocycles. The third-order valence-corrected chi connectivity index (χ3v) is 3.25. The van der Waals surface area contributed by atoms with E-state index in [2.05, 4.69) is 0 Å². The van der Waals surface area contributed by atoms with Crippen LogP contribution in [0.4, 0.5) is 5.69 Å². The molecule has 22 heavy (non-hydrogen) atoms. The number of rotatable bonds is 3. The molecule has 0 bridgehead atoms. The van der Waals surface area contributed by atoms with Gasteiger partial charge in [0.1, 0.15) is 5.58 Å². The Hall–Kier alpha value is -3.22. The molecule has 0 spiro atoms. The quantitative estimate of drug-likeness (QED) is 0.543. The second-order valence-electron chi connectivity index (χ2n) is 4.68. The summed E-state index contributed by atoms with van der Waals surface area (Å²) in [5.41, 5.74) is -0.0601. The van der Waals surface area contributed by atoms with Crippen molar-refractivity contribution in [3.63, 3.8) is 0 Å². The summed E-state index contributed by atoms with van der Waals surface area (Å²) in [4.78, 5) is 34.5. The zero-order valence-corrected chi connectivity index (χ0v) is 11.3. The zero-order valence-electron chi connectivity index (χ0n) is 11.3. The van der Waals surface area contributed by atoms with Gasteiger partial charge in [0.2, 0.25) is 0 Å². The second kappa shape index (κ2) is 5.28. The average Bonchev–Trinajstić information content (AvgIpc) is 2.52. The predicted octanol–water partition coefficient (Wildman–Crippen LogP) is 1.91. The highest BCUT2D eigenvalue weighted by atomic mass is 16.6. The van der Waals surface area contributed by atoms with Crippen LogP contribution in [0.15, 0.2) is 62.5 Å². The second-order valence-corrected chi connectivity index (χ2v) is 4.68. The smallest absolute Gasteiger partial charge is 0.409 e. The fourth-order valence-electron chi connectivity index (χ4n) is 2.17. The van der Waals surface area contributed by atoms with Crippen molar-refractivity contribution in [1.29, 1.82) is 0 Å². The number of nitro benzene ring substituents is 1. The summed E-state index contributed by atoms with van der Waals surface area (Å²) in [6, 6.07) is 12.5. The van der Waals surface area contributed by atoms with Crippen molar-refractivity contribution < 1.29 is 9.34 Å². The lowest BCUT2D eigenvalue weighted by molar-refractivity contribution is -0.384. The number of hydrogen-bond acceptors (Lipinski definition) is 5. The van der Waals surface area contributed by atoms with Crippen LogP contribution in [-0.2, 0) is 6.54 Å². The summed E-state index contributed by atoms with van der Waals surface area (Å²) >= 11 is 0. The SMILES string of the molecule is O=c1oc2ccc([N+](=O)[O-])cc2c(=O)n1Cc1ccccc1. The van der Waals surface area contributed by atoms with E-state index in [4.69, 9.17) is 4.42 Å². The van der Waals surface area contributed by atoms with E-state index in [0.717, 1.165) is 16.2 Å². The minimum Gasteiger partial charge on any atom is -0.409 e. The number of benzene rings is 2. The summed E-state index contributed by atoms with van der Waals surface area (Å²) < 4.78 is 5.98. The number of aromatic nitrogens is 1. The Labute approximate surface area is 123 Å². The Kier molecular flexibility index (Phi) is 3.30. The van der Waals surface area contributed by atoms with Crippen molar-refractivity contribution in [2.24, 2.45) is 0 Å². The standard InChI is InChI=1S/C15H10N2O5/c18-14-12-8-11(17(20)21)6-7-13(12)22-15(19)16(14)9-10-4-2-1-3-5-10/h1-8H,9H2. The molecule has 0 N–H and O–H groups in total. The highest BCUT2D eigenvalue weighted by molar-refractivity contribution is 5.78. The zero-order chi connectivity index (χ0) is 15.7. The summed E-state index contributed by atoms with van der Waals surface area (Å²) in [5.74, 6) is -0.796. The van der Waals surface area contributed by atoms with Gasteiger partial charge in [0, 0.05) is 12.1 Å². The Bertz CT molecular complexity index is 973. The molecule has 3 aromatic rings. The molecule has 3 rings (SSSR count). The molecule has 0 aliphatic rings. The summed E-state index contributed by atoms with van der Waals surface area (Å²) in [6.45, 7) is 0.0423. The van der Waals surface area contributed by atoms with Gasteiger partial charge in [-0.3, -0.25) is 14.9 Å². The van der Waals surface area contributed by atoms with Gasteiger partial charge >= 0.3 is 5.76 Å². The Morgan fingerprint density at radius 1 is 1.09 bits per heavy atom. The van der Waals surface area contributed by atoms with Gasteiger partial charge in [-0.15, -0.1) is 0 Å². The molecule has 1 heterocycles. The number of fused-ring (bicyclic) bond motifs is 1. The molecule has 0 radical (unpaired) electrons. The van der Waals surface area contributed by atoms with Crippen molar-refractivity contribution >= 4 is 16.7 Å². The number of nitro groups is 1. The Morgan fingerprint density at radius 3 is 2.50 bits per heavy atom. The van der Waals surface area contributed by atoms with Gasteiger partial charge in [0.15, 0.2) is 0 Å². The first kappa shape index (κ1) is 13.7. The van der Waals surface area contributed by atoms with Crippen LogP contribution in [0.3, 0.4) is 0 Å². The van der Waals surface area contributed by atoms with E-state index in [-0.39, 0.29) is 23.2 Å². The third kappa shape index (κ3) is 2.39. The van der Waals surface area contributed by atoms with E-state index in [0.29, 0.717) is 0 Å². The molecule has 0 saturated carbocycles. The highest BCUT2D eigenvalue weighted by Crippen LogP contribution is 2.17. The van der Waals surface area contributed by atoms with Crippen LogP contribution in [0.2, 0.25) is 0 Å². The molecular formula is C15H10N2O5. The average molecular weight is 298 g/mol. The van der Waals surface area contributed by atoms with Crippen LogP contribution in [0.25, 0.3) is 11.0 Å². The van der Waals surface area contributed by atoms with Crippen LogP contribution >= 0.6 is 0 Å². The number of hydrogen-bond donors (Lipinski definition) is 0. The molecule has 7 heteroatoms. The molecule has 7 nitrogen and oxygen atoms in total. The maximum Gasteiger partial charge on any atom is 0.422 e. The van der Waals surface area contributed by atoms with Gasteiger partial charge in [-0.1, -0.05) is 30.3 Å². The van der Waals surface area contributed by atoms with Gasteiger partial charge in [0.25, 0.3) is 11.2 Å². The topological polar surface area (TPSA) is 95.3 Å². The van der Waals surface area contributed by atoms with Crippen LogP contribution in [-0.4, -0.2) is 9.49 Å². The van der Waals surface area contributed by atoms with Gasteiger partial charge in [-0.25, -0.2) is 9.36 Å². The minimum atomic E-state index is -0.796. The fraction of sp³-hybridized carbons (Fsp3) is 0.0667. The first-order chi connectivity index (χ1) is 10.6. The molecule has 0 atom stereocenters. The lowest BCUT2D eigenvalue weighted by Gasteiger charge is -2.05. The largest absolute Gasteiger partial charge is 0.422 e. The normalized spacial score (nSPS) is 10.7. The fourth-order valence-corrected chi connectivity index (χ4v) is 2.17. The van der Waals surface area contributed by atoms with Crippen LogP contribution < -0.4 is 11.3 Å². The van der Waals surface area contributed by atoms with E-state index in [9.17, 15) is 19.7 Å². The van der Waals surface area contributed by atoms with E-state index in [1.54, 1.807) is 24.3 Å². The van der Waals surface area contributed by atoms with Crippen molar-refractivity contribution in [1.82, 2.24) is 4.57 Å². The van der Waals surface area contributed by atoms with E-state index in [1.807, 2.05) is 6.07 Å². The Balaban J connectivity index is 2.20. The monoisotopic (exact) mass is 298 g/mol. The van der Waals surface area contributed by atoms with E-state index in [1.165, 1.54) is 12.1 Å². The highest BCUT2D eigenvalue weighted by Gasteiger charge is 2.14. The Morgan fingerprint density at radius 2 is 1.82 bits per heavy atom. The first-order valence-electron chi connectivity index (χ1n) is 6.42. The van der Waals surface area contributed by atoms with Gasteiger partial charge in [-0.2, -0.15) is 0 Å². The summed E-state index contributed by atoms with van der Waals surface area (Å²) in [5, 5.41) is 10.8. The van der Waals surface area contributed by atoms with Crippen molar-refractivity contribution in [3.05, 3.63) is 85.1 Å². The van der Waals surface area contributed by atoms with Gasteiger partial charge in [-0.05, 0) is 11.6 Å². The van der Waals surface area contributed by atoms with Gasteiger partial charge in [0.05, 0.1) is 16.9 Å². The van der Waals surface area contributed by atoms with Crippen molar-refractivity contribution in [2.45, 2.75) is 6.54 Å². The van der Waals surface area contributed by atoms with Crippen LogP contribution in [0.1, 0.15) is 5.56 Å². The molecule has 0 fully saturated rings. The first-order valence-corrected chi connectivity index (χ1v) is 6.42. The lowest BCUT2D eigenvalue weighted by Crippen LogP contribution is -2.32. The molecule has 0 unspecified atom stereocenters. The third-order valence-electron chi connectivity index (χ3n) is 3.25. The van der Waals surface area contributed by atoms with E-state index >= 15 is 0 Å². The van der Waals surface area contributed by atoms with Crippen LogP contribution in [0, 0.1) is 10.1 Å². The van der Waals surface area contributed by atoms with E-state index < -0.39 is 16.2 Å².